The van der Waals surface area contributed by atoms with Crippen LogP contribution in [0.3, 0.4) is 0 Å². The summed E-state index contributed by atoms with van der Waals surface area (Å²) in [5, 5.41) is 20.4. The van der Waals surface area contributed by atoms with Crippen LogP contribution in [-0.4, -0.2) is 17.1 Å². The zero-order chi connectivity index (χ0) is 11.4. The molecule has 0 bridgehead atoms. The number of aliphatic hydroxyl groups is 1. The third kappa shape index (κ3) is 2.24. The zero-order valence-electron chi connectivity index (χ0n) is 8.64. The minimum absolute atomic E-state index is 0.108. The van der Waals surface area contributed by atoms with Gasteiger partial charge in [0, 0.05) is 6.07 Å². The molecule has 15 heavy (non-hydrogen) atoms. The van der Waals surface area contributed by atoms with E-state index in [-0.39, 0.29) is 11.3 Å². The molecule has 0 saturated heterocycles. The first-order chi connectivity index (χ1) is 7.11. The molecule has 5 nitrogen and oxygen atoms in total. The van der Waals surface area contributed by atoms with Gasteiger partial charge in [-0.3, -0.25) is 10.1 Å². The molecule has 1 aromatic carbocycles. The van der Waals surface area contributed by atoms with Gasteiger partial charge >= 0.3 is 0 Å². The number of nitro benzene ring substituents is 1. The lowest BCUT2D eigenvalue weighted by Gasteiger charge is -2.12. The number of nitrogens with zero attached hydrogens (tertiary/aromatic N) is 1. The van der Waals surface area contributed by atoms with Crippen LogP contribution < -0.4 is 4.74 Å². The fourth-order valence-corrected chi connectivity index (χ4v) is 1.41. The van der Waals surface area contributed by atoms with Crippen molar-refractivity contribution in [3.05, 3.63) is 33.9 Å². The number of aliphatic hydroxyl groups excluding tert-OH is 1. The average Bonchev–Trinajstić information content (AvgIpc) is 2.26. The van der Waals surface area contributed by atoms with E-state index in [1.54, 1.807) is 13.0 Å². The van der Waals surface area contributed by atoms with Crippen LogP contribution in [0, 0.1) is 10.1 Å². The summed E-state index contributed by atoms with van der Waals surface area (Å²) in [7, 11) is 1.42. The first-order valence-corrected chi connectivity index (χ1v) is 4.61. The summed E-state index contributed by atoms with van der Waals surface area (Å²) in [6.45, 7) is 1.75. The molecular formula is C10H13NO4. The molecule has 1 unspecified atom stereocenters. The number of benzene rings is 1. The Hall–Kier alpha value is -1.62. The van der Waals surface area contributed by atoms with Gasteiger partial charge in [0.1, 0.15) is 5.75 Å². The standard InChI is InChI=1S/C10H13NO4/c1-3-8(12)10-7(11(13)14)5-4-6-9(10)15-2/h4-6,8,12H,3H2,1-2H3. The molecule has 0 radical (unpaired) electrons. The molecular weight excluding hydrogens is 198 g/mol. The van der Waals surface area contributed by atoms with Crippen LogP contribution >= 0.6 is 0 Å². The SMILES string of the molecule is CCC(O)c1c(OC)cccc1[N+](=O)[O-]. The summed E-state index contributed by atoms with van der Waals surface area (Å²) in [5.74, 6) is 0.346. The van der Waals surface area contributed by atoms with E-state index in [1.165, 1.54) is 19.2 Å². The van der Waals surface area contributed by atoms with Gasteiger partial charge in [0.2, 0.25) is 0 Å². The molecule has 0 aromatic heterocycles. The molecule has 0 fully saturated rings. The molecule has 0 saturated carbocycles. The molecule has 1 N–H and O–H groups in total. The fraction of sp³-hybridized carbons (Fsp3) is 0.400. The maximum absolute atomic E-state index is 10.7. The van der Waals surface area contributed by atoms with Crippen molar-refractivity contribution in [3.63, 3.8) is 0 Å². The van der Waals surface area contributed by atoms with Crippen LogP contribution in [-0.2, 0) is 0 Å². The lowest BCUT2D eigenvalue weighted by Crippen LogP contribution is -2.04. The Morgan fingerprint density at radius 2 is 2.27 bits per heavy atom. The highest BCUT2D eigenvalue weighted by Crippen LogP contribution is 2.34. The number of hydrogen-bond donors (Lipinski definition) is 1. The van der Waals surface area contributed by atoms with Gasteiger partial charge in [-0.05, 0) is 12.5 Å². The van der Waals surface area contributed by atoms with E-state index in [2.05, 4.69) is 0 Å². The Balaban J connectivity index is 3.33. The van der Waals surface area contributed by atoms with E-state index >= 15 is 0 Å². The van der Waals surface area contributed by atoms with Gasteiger partial charge < -0.3 is 9.84 Å². The van der Waals surface area contributed by atoms with E-state index in [4.69, 9.17) is 4.74 Å². The highest BCUT2D eigenvalue weighted by Gasteiger charge is 2.23. The van der Waals surface area contributed by atoms with Crippen molar-refractivity contribution >= 4 is 5.69 Å². The summed E-state index contributed by atoms with van der Waals surface area (Å²) >= 11 is 0. The second-order valence-corrected chi connectivity index (χ2v) is 3.07. The molecule has 0 aliphatic rings. The summed E-state index contributed by atoms with van der Waals surface area (Å²) in [6, 6.07) is 4.49. The van der Waals surface area contributed by atoms with Crippen molar-refractivity contribution in [2.24, 2.45) is 0 Å². The molecule has 0 spiro atoms. The van der Waals surface area contributed by atoms with Crippen molar-refractivity contribution < 1.29 is 14.8 Å². The molecule has 0 amide bonds. The minimum Gasteiger partial charge on any atom is -0.496 e. The smallest absolute Gasteiger partial charge is 0.278 e. The second-order valence-electron chi connectivity index (χ2n) is 3.07. The third-order valence-corrected chi connectivity index (χ3v) is 2.18. The van der Waals surface area contributed by atoms with Crippen molar-refractivity contribution in [3.8, 4) is 5.75 Å². The van der Waals surface area contributed by atoms with Gasteiger partial charge in [-0.2, -0.15) is 0 Å². The van der Waals surface area contributed by atoms with E-state index in [0.29, 0.717) is 12.2 Å². The van der Waals surface area contributed by atoms with Crippen LogP contribution in [0.25, 0.3) is 0 Å². The lowest BCUT2D eigenvalue weighted by molar-refractivity contribution is -0.386. The topological polar surface area (TPSA) is 72.6 Å². The Kier molecular flexibility index (Phi) is 3.62. The molecule has 0 aliphatic heterocycles. The zero-order valence-corrected chi connectivity index (χ0v) is 8.64. The summed E-state index contributed by atoms with van der Waals surface area (Å²) in [5.41, 5.74) is 0.135. The van der Waals surface area contributed by atoms with E-state index < -0.39 is 11.0 Å². The summed E-state index contributed by atoms with van der Waals surface area (Å²) < 4.78 is 4.99. The first-order valence-electron chi connectivity index (χ1n) is 4.61. The van der Waals surface area contributed by atoms with Gasteiger partial charge in [0.15, 0.2) is 0 Å². The monoisotopic (exact) mass is 211 g/mol. The Morgan fingerprint density at radius 1 is 1.60 bits per heavy atom. The summed E-state index contributed by atoms with van der Waals surface area (Å²) in [4.78, 5) is 10.2. The largest absolute Gasteiger partial charge is 0.496 e. The number of ether oxygens (including phenoxy) is 1. The predicted molar refractivity (Wildman–Crippen MR) is 54.9 cm³/mol. The van der Waals surface area contributed by atoms with Crippen molar-refractivity contribution in [1.82, 2.24) is 0 Å². The molecule has 5 heteroatoms. The van der Waals surface area contributed by atoms with Crippen LogP contribution in [0.4, 0.5) is 5.69 Å². The molecule has 1 atom stereocenters. The number of rotatable bonds is 4. The molecule has 0 aliphatic carbocycles. The average molecular weight is 211 g/mol. The third-order valence-electron chi connectivity index (χ3n) is 2.18. The minimum atomic E-state index is -0.874. The van der Waals surface area contributed by atoms with Gasteiger partial charge in [0.25, 0.3) is 5.69 Å². The quantitative estimate of drug-likeness (QED) is 0.611. The van der Waals surface area contributed by atoms with E-state index in [9.17, 15) is 15.2 Å². The fourth-order valence-electron chi connectivity index (χ4n) is 1.41. The molecule has 82 valence electrons. The highest BCUT2D eigenvalue weighted by atomic mass is 16.6. The summed E-state index contributed by atoms with van der Waals surface area (Å²) in [6.07, 6.45) is -0.470. The van der Waals surface area contributed by atoms with Crippen LogP contribution in [0.2, 0.25) is 0 Å². The maximum atomic E-state index is 10.7. The van der Waals surface area contributed by atoms with Gasteiger partial charge in [-0.1, -0.05) is 13.0 Å². The Morgan fingerprint density at radius 3 is 2.73 bits per heavy atom. The van der Waals surface area contributed by atoms with E-state index in [1.807, 2.05) is 0 Å². The predicted octanol–water partition coefficient (Wildman–Crippen LogP) is 2.05. The Bertz CT molecular complexity index is 364. The molecule has 1 rings (SSSR count). The van der Waals surface area contributed by atoms with Crippen LogP contribution in [0.15, 0.2) is 18.2 Å². The van der Waals surface area contributed by atoms with Crippen LogP contribution in [0.5, 0.6) is 5.75 Å². The van der Waals surface area contributed by atoms with Crippen molar-refractivity contribution in [2.75, 3.05) is 7.11 Å². The van der Waals surface area contributed by atoms with Gasteiger partial charge in [-0.25, -0.2) is 0 Å². The number of methoxy groups -OCH3 is 1. The highest BCUT2D eigenvalue weighted by molar-refractivity contribution is 5.50. The number of nitro groups is 1. The normalized spacial score (nSPS) is 12.2. The maximum Gasteiger partial charge on any atom is 0.278 e. The first kappa shape index (κ1) is 11.5. The van der Waals surface area contributed by atoms with Gasteiger partial charge in [0.05, 0.1) is 23.7 Å². The van der Waals surface area contributed by atoms with Crippen LogP contribution in [0.1, 0.15) is 25.0 Å². The Labute approximate surface area is 87.5 Å². The molecule has 1 aromatic rings. The number of hydrogen-bond acceptors (Lipinski definition) is 4. The van der Waals surface area contributed by atoms with Crippen molar-refractivity contribution in [2.45, 2.75) is 19.4 Å². The van der Waals surface area contributed by atoms with E-state index in [0.717, 1.165) is 0 Å². The lowest BCUT2D eigenvalue weighted by atomic mass is 10.0. The second kappa shape index (κ2) is 4.75. The van der Waals surface area contributed by atoms with Gasteiger partial charge in [-0.15, -0.1) is 0 Å². The molecule has 0 heterocycles. The van der Waals surface area contributed by atoms with Crippen molar-refractivity contribution in [1.29, 1.82) is 0 Å².